The molecule has 3 rings (SSSR count). The van der Waals surface area contributed by atoms with Crippen molar-refractivity contribution in [2.24, 2.45) is 0 Å². The van der Waals surface area contributed by atoms with Gasteiger partial charge in [-0.25, -0.2) is 4.98 Å². The lowest BCUT2D eigenvalue weighted by atomic mass is 9.95. The Morgan fingerprint density at radius 1 is 0.733 bits per heavy atom. The fourth-order valence-corrected chi connectivity index (χ4v) is 6.93. The molecule has 30 heavy (non-hydrogen) atoms. The standard InChI is InChI=1S/C28H37NSi/c1-7-8-9-13-16-25-27(24-19-17-21(2)18-20-24)29-26(23-14-11-10-12-15-23)22(3)28(25)30(4,5)6/h10-12,14-15,17-20H,7-9,13,16H2,1-6H3. The zero-order chi connectivity index (χ0) is 21.7. The predicted molar refractivity (Wildman–Crippen MR) is 135 cm³/mol. The van der Waals surface area contributed by atoms with E-state index in [-0.39, 0.29) is 0 Å². The van der Waals surface area contributed by atoms with Crippen LogP contribution in [0.5, 0.6) is 0 Å². The van der Waals surface area contributed by atoms with Gasteiger partial charge in [0.1, 0.15) is 0 Å². The fraction of sp³-hybridized carbons (Fsp3) is 0.393. The van der Waals surface area contributed by atoms with E-state index in [1.807, 2.05) is 0 Å². The molecule has 1 nitrogen and oxygen atoms in total. The Kier molecular flexibility index (Phi) is 7.30. The number of pyridine rings is 1. The van der Waals surface area contributed by atoms with Crippen molar-refractivity contribution in [2.45, 2.75) is 72.5 Å². The van der Waals surface area contributed by atoms with Gasteiger partial charge in [0.25, 0.3) is 0 Å². The van der Waals surface area contributed by atoms with Crippen LogP contribution < -0.4 is 5.19 Å². The van der Waals surface area contributed by atoms with Gasteiger partial charge in [0.05, 0.1) is 19.5 Å². The summed E-state index contributed by atoms with van der Waals surface area (Å²) in [5, 5.41) is 1.61. The maximum absolute atomic E-state index is 5.34. The first-order chi connectivity index (χ1) is 14.3. The molecule has 0 radical (unpaired) electrons. The quantitative estimate of drug-likeness (QED) is 0.271. The molecule has 0 unspecified atom stereocenters. The topological polar surface area (TPSA) is 12.9 Å². The van der Waals surface area contributed by atoms with E-state index in [9.17, 15) is 0 Å². The molecule has 1 heterocycles. The van der Waals surface area contributed by atoms with E-state index >= 15 is 0 Å². The Balaban J connectivity index is 2.26. The number of nitrogens with zero attached hydrogens (tertiary/aromatic N) is 1. The molecule has 0 saturated heterocycles. The lowest BCUT2D eigenvalue weighted by Gasteiger charge is -2.28. The zero-order valence-electron chi connectivity index (χ0n) is 19.7. The van der Waals surface area contributed by atoms with Crippen molar-refractivity contribution in [2.75, 3.05) is 0 Å². The fourth-order valence-electron chi connectivity index (χ4n) is 4.54. The van der Waals surface area contributed by atoms with Gasteiger partial charge in [-0.3, -0.25) is 0 Å². The summed E-state index contributed by atoms with van der Waals surface area (Å²) in [6.45, 7) is 14.2. The van der Waals surface area contributed by atoms with E-state index < -0.39 is 8.07 Å². The van der Waals surface area contributed by atoms with Gasteiger partial charge in [-0.2, -0.15) is 0 Å². The molecular formula is C28H37NSi. The van der Waals surface area contributed by atoms with Crippen LogP contribution in [0, 0.1) is 13.8 Å². The molecule has 1 aromatic heterocycles. The van der Waals surface area contributed by atoms with E-state index in [0.29, 0.717) is 0 Å². The number of unbranched alkanes of at least 4 members (excludes halogenated alkanes) is 3. The Morgan fingerprint density at radius 3 is 1.97 bits per heavy atom. The van der Waals surface area contributed by atoms with Crippen LogP contribution in [0.1, 0.15) is 49.3 Å². The first kappa shape index (κ1) is 22.5. The van der Waals surface area contributed by atoms with Gasteiger partial charge in [0.2, 0.25) is 0 Å². The number of hydrogen-bond acceptors (Lipinski definition) is 1. The highest BCUT2D eigenvalue weighted by Gasteiger charge is 2.28. The van der Waals surface area contributed by atoms with E-state index in [0.717, 1.165) is 12.1 Å². The molecule has 0 aliphatic carbocycles. The summed E-state index contributed by atoms with van der Waals surface area (Å²) < 4.78 is 0. The van der Waals surface area contributed by atoms with Crippen LogP contribution in [0.25, 0.3) is 22.5 Å². The Labute approximate surface area is 184 Å². The number of hydrogen-bond donors (Lipinski definition) is 0. The number of aryl methyl sites for hydroxylation is 1. The molecule has 0 saturated carbocycles. The molecular weight excluding hydrogens is 378 g/mol. The molecule has 0 atom stereocenters. The molecule has 0 aliphatic heterocycles. The highest BCUT2D eigenvalue weighted by molar-refractivity contribution is 6.89. The van der Waals surface area contributed by atoms with Gasteiger partial charge >= 0.3 is 0 Å². The van der Waals surface area contributed by atoms with Gasteiger partial charge in [-0.15, -0.1) is 0 Å². The summed E-state index contributed by atoms with van der Waals surface area (Å²) in [6, 6.07) is 19.7. The minimum atomic E-state index is -1.57. The van der Waals surface area contributed by atoms with Crippen molar-refractivity contribution in [3.63, 3.8) is 0 Å². The summed E-state index contributed by atoms with van der Waals surface area (Å²) in [5.41, 5.74) is 9.02. The van der Waals surface area contributed by atoms with Crippen molar-refractivity contribution in [1.82, 2.24) is 4.98 Å². The predicted octanol–water partition coefficient (Wildman–Crippen LogP) is 7.70. The van der Waals surface area contributed by atoms with E-state index in [1.54, 1.807) is 5.19 Å². The lowest BCUT2D eigenvalue weighted by Crippen LogP contribution is -2.43. The minimum absolute atomic E-state index is 1.13. The van der Waals surface area contributed by atoms with Crippen LogP contribution in [0.3, 0.4) is 0 Å². The highest BCUT2D eigenvalue weighted by atomic mass is 28.3. The molecule has 0 N–H and O–H groups in total. The molecule has 0 amide bonds. The van der Waals surface area contributed by atoms with Crippen molar-refractivity contribution < 1.29 is 0 Å². The lowest BCUT2D eigenvalue weighted by molar-refractivity contribution is 0.667. The first-order valence-corrected chi connectivity index (χ1v) is 15.0. The van der Waals surface area contributed by atoms with Gasteiger partial charge in [-0.05, 0) is 43.0 Å². The normalized spacial score (nSPS) is 11.7. The second-order valence-electron chi connectivity index (χ2n) is 9.58. The average molecular weight is 416 g/mol. The largest absolute Gasteiger partial charge is 0.247 e. The molecule has 0 fully saturated rings. The number of aromatic nitrogens is 1. The second-order valence-corrected chi connectivity index (χ2v) is 14.6. The van der Waals surface area contributed by atoms with Crippen molar-refractivity contribution in [1.29, 1.82) is 0 Å². The summed E-state index contributed by atoms with van der Waals surface area (Å²) in [7, 11) is -1.57. The molecule has 2 aromatic carbocycles. The van der Waals surface area contributed by atoms with Gasteiger partial charge < -0.3 is 0 Å². The number of benzene rings is 2. The maximum atomic E-state index is 5.34. The summed E-state index contributed by atoms with van der Waals surface area (Å²) in [5.74, 6) is 0. The third kappa shape index (κ3) is 5.10. The highest BCUT2D eigenvalue weighted by Crippen LogP contribution is 2.31. The second kappa shape index (κ2) is 9.74. The number of rotatable bonds is 8. The van der Waals surface area contributed by atoms with Gasteiger partial charge in [-0.1, -0.05) is 106 Å². The SMILES string of the molecule is CCCCCCc1c(-c2ccc(C)cc2)nc(-c2ccccc2)c(C)c1[Si](C)(C)C. The third-order valence-corrected chi connectivity index (χ3v) is 8.12. The molecule has 2 heteroatoms. The Hall–Kier alpha value is -2.19. The summed E-state index contributed by atoms with van der Waals surface area (Å²) in [6.07, 6.45) is 6.27. The maximum Gasteiger partial charge on any atom is 0.0785 e. The summed E-state index contributed by atoms with van der Waals surface area (Å²) in [4.78, 5) is 5.34. The third-order valence-electron chi connectivity index (χ3n) is 5.94. The van der Waals surface area contributed by atoms with Gasteiger partial charge in [0, 0.05) is 11.1 Å². The molecule has 3 aromatic rings. The molecule has 0 spiro atoms. The van der Waals surface area contributed by atoms with Crippen molar-refractivity contribution >= 4 is 13.3 Å². The zero-order valence-corrected chi connectivity index (χ0v) is 20.7. The minimum Gasteiger partial charge on any atom is -0.247 e. The molecule has 0 aliphatic rings. The van der Waals surface area contributed by atoms with Crippen LogP contribution >= 0.6 is 0 Å². The first-order valence-electron chi connectivity index (χ1n) is 11.5. The van der Waals surface area contributed by atoms with E-state index in [1.165, 1.54) is 59.2 Å². The van der Waals surface area contributed by atoms with Crippen LogP contribution in [0.2, 0.25) is 19.6 Å². The monoisotopic (exact) mass is 415 g/mol. The van der Waals surface area contributed by atoms with Gasteiger partial charge in [0.15, 0.2) is 0 Å². The molecule has 158 valence electrons. The van der Waals surface area contributed by atoms with E-state index in [4.69, 9.17) is 4.98 Å². The average Bonchev–Trinajstić information content (AvgIpc) is 2.72. The van der Waals surface area contributed by atoms with Crippen LogP contribution in [0.4, 0.5) is 0 Å². The smallest absolute Gasteiger partial charge is 0.0785 e. The van der Waals surface area contributed by atoms with Crippen molar-refractivity contribution in [3.05, 3.63) is 71.3 Å². The van der Waals surface area contributed by atoms with E-state index in [2.05, 4.69) is 95.0 Å². The Morgan fingerprint density at radius 2 is 1.37 bits per heavy atom. The van der Waals surface area contributed by atoms with Crippen LogP contribution in [-0.2, 0) is 6.42 Å². The van der Waals surface area contributed by atoms with Crippen LogP contribution in [0.15, 0.2) is 54.6 Å². The van der Waals surface area contributed by atoms with Crippen LogP contribution in [-0.4, -0.2) is 13.1 Å². The summed E-state index contributed by atoms with van der Waals surface area (Å²) >= 11 is 0. The molecule has 0 bridgehead atoms. The Bertz CT molecular complexity index is 966. The van der Waals surface area contributed by atoms with Crippen molar-refractivity contribution in [3.8, 4) is 22.5 Å².